The van der Waals surface area contributed by atoms with Crippen molar-refractivity contribution in [2.45, 2.75) is 33.1 Å². The monoisotopic (exact) mass is 151 g/mol. The fourth-order valence-electron chi connectivity index (χ4n) is 1.51. The molecule has 1 saturated heterocycles. The van der Waals surface area contributed by atoms with Gasteiger partial charge in [-0.25, -0.2) is 0 Å². The van der Waals surface area contributed by atoms with Gasteiger partial charge in [0.2, 0.25) is 0 Å². The van der Waals surface area contributed by atoms with Gasteiger partial charge in [-0.1, -0.05) is 6.42 Å². The van der Waals surface area contributed by atoms with Crippen molar-refractivity contribution in [1.82, 2.24) is 5.32 Å². The molecule has 1 nitrogen and oxygen atoms in total. The van der Waals surface area contributed by atoms with Crippen LogP contribution in [0.15, 0.2) is 0 Å². The van der Waals surface area contributed by atoms with E-state index in [1.807, 2.05) is 13.8 Å². The number of hydrogen-bond acceptors (Lipinski definition) is 1. The average Bonchev–Trinajstić information content (AvgIpc) is 1.82. The standard InChI is InChI=1S/C6H11N.C4H6/c1-2-6(3-1)4-7-5-6;1-3-4-2/h7H,1-5H2;1-2H3. The normalized spacial score (nSPS) is 23.1. The van der Waals surface area contributed by atoms with E-state index >= 15 is 0 Å². The van der Waals surface area contributed by atoms with Crippen molar-refractivity contribution < 1.29 is 0 Å². The topological polar surface area (TPSA) is 12.0 Å². The van der Waals surface area contributed by atoms with Crippen molar-refractivity contribution >= 4 is 0 Å². The molecule has 1 aliphatic heterocycles. The summed E-state index contributed by atoms with van der Waals surface area (Å²) in [5.74, 6) is 5.36. The van der Waals surface area contributed by atoms with Gasteiger partial charge in [0, 0.05) is 13.1 Å². The molecule has 1 heteroatoms. The summed E-state index contributed by atoms with van der Waals surface area (Å²) < 4.78 is 0. The number of rotatable bonds is 0. The summed E-state index contributed by atoms with van der Waals surface area (Å²) in [4.78, 5) is 0. The molecule has 0 unspecified atom stereocenters. The second-order valence-electron chi connectivity index (χ2n) is 3.46. The fraction of sp³-hybridized carbons (Fsp3) is 0.800. The van der Waals surface area contributed by atoms with E-state index in [1.165, 1.54) is 32.4 Å². The Kier molecular flexibility index (Phi) is 2.96. The molecule has 1 heterocycles. The van der Waals surface area contributed by atoms with Crippen LogP contribution in [-0.2, 0) is 0 Å². The van der Waals surface area contributed by atoms with Gasteiger partial charge >= 0.3 is 0 Å². The van der Waals surface area contributed by atoms with Gasteiger partial charge in [0.25, 0.3) is 0 Å². The average molecular weight is 151 g/mol. The van der Waals surface area contributed by atoms with Gasteiger partial charge < -0.3 is 5.32 Å². The minimum Gasteiger partial charge on any atom is -0.316 e. The molecule has 0 radical (unpaired) electrons. The molecule has 2 fully saturated rings. The van der Waals surface area contributed by atoms with Crippen LogP contribution in [-0.4, -0.2) is 13.1 Å². The van der Waals surface area contributed by atoms with E-state index in [4.69, 9.17) is 0 Å². The maximum Gasteiger partial charge on any atom is 0.00202 e. The number of nitrogens with one attached hydrogen (secondary N) is 1. The molecular formula is C10H17N. The third-order valence-corrected chi connectivity index (χ3v) is 2.66. The van der Waals surface area contributed by atoms with Crippen molar-refractivity contribution in [2.24, 2.45) is 5.41 Å². The Morgan fingerprint density at radius 1 is 1.09 bits per heavy atom. The lowest BCUT2D eigenvalue weighted by molar-refractivity contribution is 0.0603. The van der Waals surface area contributed by atoms with Crippen molar-refractivity contribution in [3.05, 3.63) is 0 Å². The minimum atomic E-state index is 0.833. The molecule has 0 amide bonds. The Balaban J connectivity index is 0.000000134. The molecular weight excluding hydrogens is 134 g/mol. The third-order valence-electron chi connectivity index (χ3n) is 2.66. The van der Waals surface area contributed by atoms with Crippen LogP contribution >= 0.6 is 0 Å². The smallest absolute Gasteiger partial charge is 0.00202 e. The van der Waals surface area contributed by atoms with Crippen LogP contribution in [0.5, 0.6) is 0 Å². The van der Waals surface area contributed by atoms with Gasteiger partial charge in [0.05, 0.1) is 0 Å². The van der Waals surface area contributed by atoms with E-state index in [-0.39, 0.29) is 0 Å². The third kappa shape index (κ3) is 1.97. The fourth-order valence-corrected chi connectivity index (χ4v) is 1.51. The number of hydrogen-bond donors (Lipinski definition) is 1. The van der Waals surface area contributed by atoms with Crippen LogP contribution in [0.3, 0.4) is 0 Å². The molecule has 62 valence electrons. The Hall–Kier alpha value is -0.480. The van der Waals surface area contributed by atoms with E-state index in [1.54, 1.807) is 0 Å². The largest absolute Gasteiger partial charge is 0.316 e. The molecule has 11 heavy (non-hydrogen) atoms. The molecule has 1 saturated carbocycles. The van der Waals surface area contributed by atoms with Crippen LogP contribution in [0.25, 0.3) is 0 Å². The summed E-state index contributed by atoms with van der Waals surface area (Å²) in [5, 5.41) is 3.30. The van der Waals surface area contributed by atoms with Crippen molar-refractivity contribution in [3.63, 3.8) is 0 Å². The second kappa shape index (κ2) is 3.78. The summed E-state index contributed by atoms with van der Waals surface area (Å²) in [6.07, 6.45) is 4.49. The molecule has 2 rings (SSSR count). The zero-order valence-corrected chi connectivity index (χ0v) is 7.54. The molecule has 2 aliphatic rings. The maximum atomic E-state index is 3.30. The first kappa shape index (κ1) is 8.62. The van der Waals surface area contributed by atoms with Crippen LogP contribution in [0.4, 0.5) is 0 Å². The van der Waals surface area contributed by atoms with Gasteiger partial charge in [-0.3, -0.25) is 0 Å². The van der Waals surface area contributed by atoms with Gasteiger partial charge in [-0.05, 0) is 32.1 Å². The van der Waals surface area contributed by atoms with Crippen LogP contribution in [0.1, 0.15) is 33.1 Å². The van der Waals surface area contributed by atoms with Crippen LogP contribution in [0, 0.1) is 17.3 Å². The summed E-state index contributed by atoms with van der Waals surface area (Å²) in [7, 11) is 0. The SMILES string of the molecule is C1CC2(C1)CNC2.CC#CC. The predicted octanol–water partition coefficient (Wildman–Crippen LogP) is 1.79. The van der Waals surface area contributed by atoms with E-state index in [0.29, 0.717) is 0 Å². The summed E-state index contributed by atoms with van der Waals surface area (Å²) in [6.45, 7) is 6.26. The quantitative estimate of drug-likeness (QED) is 0.520. The van der Waals surface area contributed by atoms with Crippen LogP contribution < -0.4 is 5.32 Å². The molecule has 0 aromatic rings. The van der Waals surface area contributed by atoms with E-state index < -0.39 is 0 Å². The molecule has 1 spiro atoms. The summed E-state index contributed by atoms with van der Waals surface area (Å²) in [5.41, 5.74) is 0.833. The first-order valence-corrected chi connectivity index (χ1v) is 4.37. The molecule has 0 atom stereocenters. The van der Waals surface area contributed by atoms with Gasteiger partial charge in [0.15, 0.2) is 0 Å². The Morgan fingerprint density at radius 2 is 1.64 bits per heavy atom. The molecule has 0 aromatic carbocycles. The highest BCUT2D eigenvalue weighted by atomic mass is 15.0. The molecule has 0 bridgehead atoms. The Morgan fingerprint density at radius 3 is 1.64 bits per heavy atom. The summed E-state index contributed by atoms with van der Waals surface area (Å²) in [6, 6.07) is 0. The zero-order chi connectivity index (χ0) is 8.16. The van der Waals surface area contributed by atoms with E-state index in [0.717, 1.165) is 5.41 Å². The molecule has 1 N–H and O–H groups in total. The highest BCUT2D eigenvalue weighted by molar-refractivity contribution is 4.97. The lowest BCUT2D eigenvalue weighted by Gasteiger charge is -2.49. The van der Waals surface area contributed by atoms with Crippen molar-refractivity contribution in [2.75, 3.05) is 13.1 Å². The second-order valence-corrected chi connectivity index (χ2v) is 3.46. The maximum absolute atomic E-state index is 3.30. The van der Waals surface area contributed by atoms with Crippen LogP contribution in [0.2, 0.25) is 0 Å². The highest BCUT2D eigenvalue weighted by Crippen LogP contribution is 2.43. The molecule has 1 aliphatic carbocycles. The highest BCUT2D eigenvalue weighted by Gasteiger charge is 2.41. The van der Waals surface area contributed by atoms with Gasteiger partial charge in [0.1, 0.15) is 0 Å². The lowest BCUT2D eigenvalue weighted by atomic mass is 9.65. The van der Waals surface area contributed by atoms with Gasteiger partial charge in [-0.2, -0.15) is 0 Å². The minimum absolute atomic E-state index is 0.833. The molecule has 0 aromatic heterocycles. The first-order chi connectivity index (χ1) is 5.33. The Bertz CT molecular complexity index is 144. The first-order valence-electron chi connectivity index (χ1n) is 4.37. The van der Waals surface area contributed by atoms with Gasteiger partial charge in [-0.15, -0.1) is 11.8 Å². The lowest BCUT2D eigenvalue weighted by Crippen LogP contribution is -2.57. The summed E-state index contributed by atoms with van der Waals surface area (Å²) >= 11 is 0. The Labute approximate surface area is 69.6 Å². The predicted molar refractivity (Wildman–Crippen MR) is 48.3 cm³/mol. The van der Waals surface area contributed by atoms with Crippen molar-refractivity contribution in [3.8, 4) is 11.8 Å². The van der Waals surface area contributed by atoms with E-state index in [9.17, 15) is 0 Å². The van der Waals surface area contributed by atoms with E-state index in [2.05, 4.69) is 17.2 Å². The van der Waals surface area contributed by atoms with Crippen molar-refractivity contribution in [1.29, 1.82) is 0 Å². The zero-order valence-electron chi connectivity index (χ0n) is 7.54.